The number of hydrogen-bond acceptors (Lipinski definition) is 1. The van der Waals surface area contributed by atoms with Crippen molar-refractivity contribution in [3.05, 3.63) is 36.0 Å². The summed E-state index contributed by atoms with van der Waals surface area (Å²) in [4.78, 5) is 0. The number of nitrogens with zero attached hydrogens (tertiary/aromatic N) is 2. The predicted octanol–water partition coefficient (Wildman–Crippen LogP) is 2.32. The Hall–Kier alpha value is -1.90. The molecule has 0 fully saturated rings. The lowest BCUT2D eigenvalue weighted by molar-refractivity contribution is 0.988. The van der Waals surface area contributed by atoms with Gasteiger partial charge in [0.25, 0.3) is 0 Å². The maximum atomic E-state index is 5.92. The Morgan fingerprint density at radius 1 is 1.13 bits per heavy atom. The van der Waals surface area contributed by atoms with Gasteiger partial charge in [0.15, 0.2) is 0 Å². The fourth-order valence-electron chi connectivity index (χ4n) is 2.27. The number of nitrogen functional groups attached to an aromatic ring is 1. The fourth-order valence-corrected chi connectivity index (χ4v) is 2.27. The van der Waals surface area contributed by atoms with E-state index in [1.54, 1.807) is 0 Å². The van der Waals surface area contributed by atoms with Gasteiger partial charge in [-0.25, -0.2) is 0 Å². The van der Waals surface area contributed by atoms with Crippen molar-refractivity contribution in [2.24, 2.45) is 7.05 Å². The van der Waals surface area contributed by atoms with Gasteiger partial charge in [0, 0.05) is 18.8 Å². The van der Waals surface area contributed by atoms with Crippen molar-refractivity contribution in [2.45, 2.75) is 6.92 Å². The van der Waals surface area contributed by atoms with E-state index in [-0.39, 0.29) is 0 Å². The molecule has 3 aromatic rings. The number of nitrogens with two attached hydrogens (primary N) is 1. The molecular formula is C12H13N3. The lowest BCUT2D eigenvalue weighted by Crippen LogP contribution is -1.90. The summed E-state index contributed by atoms with van der Waals surface area (Å²) in [6.45, 7) is 2.06. The summed E-state index contributed by atoms with van der Waals surface area (Å²) in [5.41, 5.74) is 11.5. The molecule has 2 heterocycles. The number of imidazole rings is 1. The first-order valence-electron chi connectivity index (χ1n) is 5.00. The van der Waals surface area contributed by atoms with Crippen LogP contribution in [0.5, 0.6) is 0 Å². The van der Waals surface area contributed by atoms with Gasteiger partial charge in [-0.05, 0) is 19.1 Å². The Kier molecular flexibility index (Phi) is 1.44. The second-order valence-corrected chi connectivity index (χ2v) is 3.95. The molecule has 1 aromatic carbocycles. The summed E-state index contributed by atoms with van der Waals surface area (Å²) in [7, 11) is 2.07. The maximum Gasteiger partial charge on any atom is 0.122 e. The Balaban J connectivity index is 2.67. The van der Waals surface area contributed by atoms with Crippen LogP contribution in [0.1, 0.15) is 5.56 Å². The number of para-hydroxylation sites is 2. The van der Waals surface area contributed by atoms with Crippen LogP contribution < -0.4 is 5.73 Å². The van der Waals surface area contributed by atoms with Gasteiger partial charge < -0.3 is 10.3 Å². The van der Waals surface area contributed by atoms with Crippen LogP contribution >= 0.6 is 0 Å². The average Bonchev–Trinajstić information content (AvgIpc) is 2.68. The summed E-state index contributed by atoms with van der Waals surface area (Å²) in [5, 5.41) is 0. The summed E-state index contributed by atoms with van der Waals surface area (Å²) in [6.07, 6.45) is 1.99. The fraction of sp³-hybridized carbons (Fsp3) is 0.167. The lowest BCUT2D eigenvalue weighted by atomic mass is 10.3. The zero-order valence-corrected chi connectivity index (χ0v) is 8.86. The molecule has 2 aromatic heterocycles. The lowest BCUT2D eigenvalue weighted by Gasteiger charge is -1.96. The predicted molar refractivity (Wildman–Crippen MR) is 63.0 cm³/mol. The molecule has 0 radical (unpaired) electrons. The van der Waals surface area contributed by atoms with Gasteiger partial charge in [-0.1, -0.05) is 12.1 Å². The van der Waals surface area contributed by atoms with Crippen molar-refractivity contribution < 1.29 is 0 Å². The van der Waals surface area contributed by atoms with Gasteiger partial charge in [0.1, 0.15) is 5.65 Å². The topological polar surface area (TPSA) is 35.4 Å². The van der Waals surface area contributed by atoms with E-state index >= 15 is 0 Å². The monoisotopic (exact) mass is 199 g/mol. The highest BCUT2D eigenvalue weighted by molar-refractivity contribution is 5.85. The third-order valence-corrected chi connectivity index (χ3v) is 3.09. The molecular weight excluding hydrogens is 186 g/mol. The zero-order valence-electron chi connectivity index (χ0n) is 8.86. The maximum absolute atomic E-state index is 5.92. The molecule has 2 N–H and O–H groups in total. The van der Waals surface area contributed by atoms with Gasteiger partial charge >= 0.3 is 0 Å². The van der Waals surface area contributed by atoms with Crippen LogP contribution in [0.2, 0.25) is 0 Å². The minimum Gasteiger partial charge on any atom is -0.397 e. The van der Waals surface area contributed by atoms with Gasteiger partial charge in [0.05, 0.1) is 16.7 Å². The molecule has 0 aliphatic heterocycles. The van der Waals surface area contributed by atoms with Crippen LogP contribution in [0.4, 0.5) is 5.69 Å². The number of fused-ring (bicyclic) bond motifs is 3. The molecule has 3 heteroatoms. The van der Waals surface area contributed by atoms with Crippen molar-refractivity contribution in [3.63, 3.8) is 0 Å². The van der Waals surface area contributed by atoms with Gasteiger partial charge in [-0.15, -0.1) is 0 Å². The minimum atomic E-state index is 0.853. The zero-order chi connectivity index (χ0) is 10.6. The molecule has 15 heavy (non-hydrogen) atoms. The summed E-state index contributed by atoms with van der Waals surface area (Å²) >= 11 is 0. The number of anilines is 1. The first-order valence-corrected chi connectivity index (χ1v) is 5.00. The smallest absolute Gasteiger partial charge is 0.122 e. The highest BCUT2D eigenvalue weighted by Gasteiger charge is 2.11. The quantitative estimate of drug-likeness (QED) is 0.592. The Morgan fingerprint density at radius 3 is 2.53 bits per heavy atom. The van der Waals surface area contributed by atoms with E-state index < -0.39 is 0 Å². The molecule has 0 amide bonds. The van der Waals surface area contributed by atoms with Crippen LogP contribution in [0.3, 0.4) is 0 Å². The number of hydrogen-bond donors (Lipinski definition) is 1. The molecule has 3 nitrogen and oxygen atoms in total. The van der Waals surface area contributed by atoms with E-state index in [4.69, 9.17) is 5.73 Å². The van der Waals surface area contributed by atoms with E-state index in [2.05, 4.69) is 41.1 Å². The molecule has 0 saturated heterocycles. The van der Waals surface area contributed by atoms with Crippen molar-refractivity contribution in [2.75, 3.05) is 5.73 Å². The van der Waals surface area contributed by atoms with E-state index in [0.717, 1.165) is 11.3 Å². The van der Waals surface area contributed by atoms with E-state index in [1.165, 1.54) is 16.7 Å². The van der Waals surface area contributed by atoms with Crippen molar-refractivity contribution in [1.29, 1.82) is 0 Å². The normalized spacial score (nSPS) is 11.6. The van der Waals surface area contributed by atoms with Gasteiger partial charge in [-0.3, -0.25) is 4.40 Å². The van der Waals surface area contributed by atoms with Gasteiger partial charge in [-0.2, -0.15) is 0 Å². The highest BCUT2D eigenvalue weighted by Crippen LogP contribution is 2.26. The van der Waals surface area contributed by atoms with E-state index in [1.807, 2.05) is 12.3 Å². The molecule has 3 rings (SSSR count). The largest absolute Gasteiger partial charge is 0.397 e. The van der Waals surface area contributed by atoms with Crippen LogP contribution in [-0.2, 0) is 7.05 Å². The molecule has 0 aliphatic carbocycles. The summed E-state index contributed by atoms with van der Waals surface area (Å²) < 4.78 is 4.33. The van der Waals surface area contributed by atoms with Crippen LogP contribution in [0.25, 0.3) is 16.7 Å². The number of rotatable bonds is 0. The molecule has 0 aliphatic rings. The summed E-state index contributed by atoms with van der Waals surface area (Å²) in [5.74, 6) is 0. The van der Waals surface area contributed by atoms with Crippen LogP contribution in [-0.4, -0.2) is 8.97 Å². The Bertz CT molecular complexity index is 658. The Labute approximate surface area is 87.7 Å². The highest BCUT2D eigenvalue weighted by atomic mass is 15.1. The summed E-state index contributed by atoms with van der Waals surface area (Å²) in [6, 6.07) is 8.34. The molecule has 0 atom stereocenters. The Morgan fingerprint density at radius 2 is 1.80 bits per heavy atom. The van der Waals surface area contributed by atoms with Crippen molar-refractivity contribution in [3.8, 4) is 0 Å². The number of benzene rings is 1. The van der Waals surface area contributed by atoms with E-state index in [0.29, 0.717) is 0 Å². The first-order chi connectivity index (χ1) is 7.20. The van der Waals surface area contributed by atoms with Crippen molar-refractivity contribution >= 4 is 22.4 Å². The van der Waals surface area contributed by atoms with E-state index in [9.17, 15) is 0 Å². The molecule has 76 valence electrons. The minimum absolute atomic E-state index is 0.853. The second kappa shape index (κ2) is 2.57. The van der Waals surface area contributed by atoms with Gasteiger partial charge in [0.2, 0.25) is 0 Å². The standard InChI is InChI=1S/C12H13N3/c1-8-9(13)7-15-11-6-4-3-5-10(11)14(2)12(8)15/h3-7H,13H2,1-2H3. The van der Waals surface area contributed by atoms with Crippen molar-refractivity contribution in [1.82, 2.24) is 8.97 Å². The van der Waals surface area contributed by atoms with Crippen LogP contribution in [0.15, 0.2) is 30.5 Å². The number of aryl methyl sites for hydroxylation is 2. The SMILES string of the molecule is Cc1c(N)cn2c3ccccc3n(C)c12. The second-order valence-electron chi connectivity index (χ2n) is 3.95. The third kappa shape index (κ3) is 0.897. The number of aromatic nitrogens is 2. The first kappa shape index (κ1) is 8.41. The molecule has 0 unspecified atom stereocenters. The molecule has 0 bridgehead atoms. The molecule has 0 spiro atoms. The molecule has 0 saturated carbocycles. The average molecular weight is 199 g/mol. The third-order valence-electron chi connectivity index (χ3n) is 3.09. The van der Waals surface area contributed by atoms with Crippen LogP contribution in [0, 0.1) is 6.92 Å².